The van der Waals surface area contributed by atoms with E-state index in [0.29, 0.717) is 5.69 Å². The number of amides is 3. The van der Waals surface area contributed by atoms with Crippen molar-refractivity contribution >= 4 is 17.6 Å². The molecule has 2 rings (SSSR count). The number of carbonyl (C=O) groups is 2. The van der Waals surface area contributed by atoms with Crippen molar-refractivity contribution < 1.29 is 14.0 Å². The van der Waals surface area contributed by atoms with Gasteiger partial charge in [-0.2, -0.15) is 0 Å². The third-order valence-corrected chi connectivity index (χ3v) is 2.61. The molecule has 1 aromatic rings. The SMILES string of the molecule is CNC(=O)C1CN(c2ccc(F)cc2)C(=O)N1. The highest BCUT2D eigenvalue weighted by Gasteiger charge is 2.33. The van der Waals surface area contributed by atoms with Gasteiger partial charge in [-0.25, -0.2) is 9.18 Å². The second-order valence-corrected chi connectivity index (χ2v) is 3.70. The summed E-state index contributed by atoms with van der Waals surface area (Å²) in [5.74, 6) is -0.612. The van der Waals surface area contributed by atoms with Gasteiger partial charge in [0.25, 0.3) is 0 Å². The molecule has 2 N–H and O–H groups in total. The number of nitrogens with zero attached hydrogens (tertiary/aromatic N) is 1. The number of hydrogen-bond acceptors (Lipinski definition) is 2. The lowest BCUT2D eigenvalue weighted by Gasteiger charge is -2.14. The van der Waals surface area contributed by atoms with E-state index in [1.54, 1.807) is 0 Å². The summed E-state index contributed by atoms with van der Waals surface area (Å²) in [7, 11) is 1.51. The van der Waals surface area contributed by atoms with Gasteiger partial charge in [0.15, 0.2) is 0 Å². The second kappa shape index (κ2) is 4.40. The Morgan fingerprint density at radius 2 is 2.12 bits per heavy atom. The molecule has 1 aliphatic heterocycles. The van der Waals surface area contributed by atoms with E-state index >= 15 is 0 Å². The van der Waals surface area contributed by atoms with Crippen LogP contribution in [-0.2, 0) is 4.79 Å². The molecule has 1 unspecified atom stereocenters. The van der Waals surface area contributed by atoms with E-state index in [2.05, 4.69) is 10.6 Å². The summed E-state index contributed by atoms with van der Waals surface area (Å²) < 4.78 is 12.7. The van der Waals surface area contributed by atoms with E-state index < -0.39 is 6.04 Å². The van der Waals surface area contributed by atoms with Gasteiger partial charge in [0.1, 0.15) is 11.9 Å². The fourth-order valence-corrected chi connectivity index (χ4v) is 1.70. The molecule has 0 bridgehead atoms. The van der Waals surface area contributed by atoms with Crippen LogP contribution in [0.2, 0.25) is 0 Å². The van der Waals surface area contributed by atoms with Crippen molar-refractivity contribution in [3.8, 4) is 0 Å². The molecule has 1 heterocycles. The van der Waals surface area contributed by atoms with E-state index in [0.717, 1.165) is 0 Å². The highest BCUT2D eigenvalue weighted by Crippen LogP contribution is 2.18. The van der Waals surface area contributed by atoms with Crippen molar-refractivity contribution in [2.24, 2.45) is 0 Å². The van der Waals surface area contributed by atoms with Gasteiger partial charge in [-0.3, -0.25) is 9.69 Å². The lowest BCUT2D eigenvalue weighted by Crippen LogP contribution is -2.41. The molecule has 0 radical (unpaired) electrons. The minimum absolute atomic E-state index is 0.240. The number of rotatable bonds is 2. The van der Waals surface area contributed by atoms with Gasteiger partial charge in [0.05, 0.1) is 6.54 Å². The molecule has 3 amide bonds. The first-order chi connectivity index (χ1) is 8.11. The van der Waals surface area contributed by atoms with Crippen LogP contribution in [0.4, 0.5) is 14.9 Å². The van der Waals surface area contributed by atoms with E-state index in [9.17, 15) is 14.0 Å². The van der Waals surface area contributed by atoms with Crippen molar-refractivity contribution in [1.29, 1.82) is 0 Å². The number of likely N-dealkylation sites (N-methyl/N-ethyl adjacent to an activating group) is 1. The summed E-state index contributed by atoms with van der Waals surface area (Å²) >= 11 is 0. The van der Waals surface area contributed by atoms with Gasteiger partial charge in [-0.05, 0) is 24.3 Å². The molecular formula is C11H12FN3O2. The van der Waals surface area contributed by atoms with Gasteiger partial charge in [0, 0.05) is 12.7 Å². The van der Waals surface area contributed by atoms with E-state index in [1.807, 2.05) is 0 Å². The summed E-state index contributed by atoms with van der Waals surface area (Å²) in [4.78, 5) is 24.4. The molecule has 1 aromatic carbocycles. The number of benzene rings is 1. The lowest BCUT2D eigenvalue weighted by molar-refractivity contribution is -0.121. The van der Waals surface area contributed by atoms with Crippen LogP contribution in [0, 0.1) is 5.82 Å². The first kappa shape index (κ1) is 11.4. The lowest BCUT2D eigenvalue weighted by atomic mass is 10.2. The largest absolute Gasteiger partial charge is 0.357 e. The summed E-state index contributed by atoms with van der Waals surface area (Å²) in [6.07, 6.45) is 0. The molecule has 5 nitrogen and oxygen atoms in total. The number of nitrogens with one attached hydrogen (secondary N) is 2. The van der Waals surface area contributed by atoms with E-state index in [-0.39, 0.29) is 24.3 Å². The molecule has 1 atom stereocenters. The molecule has 0 aromatic heterocycles. The summed E-state index contributed by atoms with van der Waals surface area (Å²) in [6, 6.07) is 4.62. The zero-order valence-corrected chi connectivity index (χ0v) is 9.24. The van der Waals surface area contributed by atoms with Gasteiger partial charge < -0.3 is 10.6 Å². The summed E-state index contributed by atoms with van der Waals surface area (Å²) in [6.45, 7) is 0.240. The number of anilines is 1. The number of hydrogen-bond donors (Lipinski definition) is 2. The Balaban J connectivity index is 2.15. The monoisotopic (exact) mass is 237 g/mol. The van der Waals surface area contributed by atoms with E-state index in [1.165, 1.54) is 36.2 Å². The normalized spacial score (nSPS) is 19.1. The van der Waals surface area contributed by atoms with Crippen molar-refractivity contribution in [2.45, 2.75) is 6.04 Å². The number of urea groups is 1. The summed E-state index contributed by atoms with van der Waals surface area (Å²) in [5.41, 5.74) is 0.565. The average molecular weight is 237 g/mol. The minimum atomic E-state index is -0.572. The zero-order valence-electron chi connectivity index (χ0n) is 9.24. The molecule has 0 spiro atoms. The molecule has 1 fully saturated rings. The van der Waals surface area contributed by atoms with Crippen LogP contribution in [0.5, 0.6) is 0 Å². The predicted molar refractivity (Wildman–Crippen MR) is 60.1 cm³/mol. The molecule has 1 aliphatic rings. The smallest absolute Gasteiger partial charge is 0.322 e. The molecule has 1 saturated heterocycles. The maximum Gasteiger partial charge on any atom is 0.322 e. The van der Waals surface area contributed by atoms with Crippen LogP contribution in [0.25, 0.3) is 0 Å². The van der Waals surface area contributed by atoms with Gasteiger partial charge in [0.2, 0.25) is 5.91 Å². The molecular weight excluding hydrogens is 225 g/mol. The van der Waals surface area contributed by atoms with Crippen LogP contribution in [0.3, 0.4) is 0 Å². The third kappa shape index (κ3) is 2.20. The van der Waals surface area contributed by atoms with Crippen LogP contribution in [0.1, 0.15) is 0 Å². The van der Waals surface area contributed by atoms with Crippen LogP contribution >= 0.6 is 0 Å². The zero-order chi connectivity index (χ0) is 12.4. The maximum atomic E-state index is 12.7. The highest BCUT2D eigenvalue weighted by molar-refractivity contribution is 6.00. The minimum Gasteiger partial charge on any atom is -0.357 e. The standard InChI is InChI=1S/C11H12FN3O2/c1-13-10(16)9-6-15(11(17)14-9)8-4-2-7(12)3-5-8/h2-5,9H,6H2,1H3,(H,13,16)(H,14,17). The van der Waals surface area contributed by atoms with Crippen molar-refractivity contribution in [2.75, 3.05) is 18.5 Å². The maximum absolute atomic E-state index is 12.7. The molecule has 90 valence electrons. The van der Waals surface area contributed by atoms with E-state index in [4.69, 9.17) is 0 Å². The Labute approximate surface area is 97.6 Å². The molecule has 17 heavy (non-hydrogen) atoms. The fraction of sp³-hybridized carbons (Fsp3) is 0.273. The quantitative estimate of drug-likeness (QED) is 0.785. The highest BCUT2D eigenvalue weighted by atomic mass is 19.1. The topological polar surface area (TPSA) is 61.4 Å². The van der Waals surface area contributed by atoms with Crippen molar-refractivity contribution in [3.63, 3.8) is 0 Å². The third-order valence-electron chi connectivity index (χ3n) is 2.61. The van der Waals surface area contributed by atoms with Gasteiger partial charge in [-0.1, -0.05) is 0 Å². The van der Waals surface area contributed by atoms with Gasteiger partial charge >= 0.3 is 6.03 Å². The summed E-state index contributed by atoms with van der Waals surface area (Å²) in [5, 5.41) is 5.02. The number of carbonyl (C=O) groups excluding carboxylic acids is 2. The second-order valence-electron chi connectivity index (χ2n) is 3.70. The predicted octanol–water partition coefficient (Wildman–Crippen LogP) is 0.470. The van der Waals surface area contributed by atoms with Crippen molar-refractivity contribution in [3.05, 3.63) is 30.1 Å². The van der Waals surface area contributed by atoms with Crippen molar-refractivity contribution in [1.82, 2.24) is 10.6 Å². The molecule has 0 saturated carbocycles. The fourth-order valence-electron chi connectivity index (χ4n) is 1.70. The average Bonchev–Trinajstić information content (AvgIpc) is 2.71. The van der Waals surface area contributed by atoms with Crippen LogP contribution in [0.15, 0.2) is 24.3 Å². The first-order valence-electron chi connectivity index (χ1n) is 5.17. The Morgan fingerprint density at radius 1 is 1.47 bits per heavy atom. The van der Waals surface area contributed by atoms with Crippen LogP contribution < -0.4 is 15.5 Å². The first-order valence-corrected chi connectivity index (χ1v) is 5.17. The Hall–Kier alpha value is -2.11. The Bertz CT molecular complexity index is 447. The molecule has 0 aliphatic carbocycles. The van der Waals surface area contributed by atoms with Gasteiger partial charge in [-0.15, -0.1) is 0 Å². The molecule has 6 heteroatoms. The Morgan fingerprint density at radius 3 is 2.71 bits per heavy atom. The Kier molecular flexibility index (Phi) is 2.95. The van der Waals surface area contributed by atoms with Crippen LogP contribution in [-0.4, -0.2) is 31.6 Å². The number of halogens is 1.